The maximum Gasteiger partial charge on any atom is 0.505 e. The van der Waals surface area contributed by atoms with Crippen molar-refractivity contribution in [3.8, 4) is 0 Å². The van der Waals surface area contributed by atoms with Gasteiger partial charge in [-0.3, -0.25) is 0 Å². The molecule has 0 bridgehead atoms. The first-order valence-corrected chi connectivity index (χ1v) is 5.49. The summed E-state index contributed by atoms with van der Waals surface area (Å²) in [4.78, 5) is 10.3. The van der Waals surface area contributed by atoms with Crippen LogP contribution in [0.1, 0.15) is 0 Å². The quantitative estimate of drug-likeness (QED) is 0.697. The van der Waals surface area contributed by atoms with Crippen LogP contribution in [-0.2, 0) is 23.7 Å². The van der Waals surface area contributed by atoms with Crippen LogP contribution in [0.25, 0.3) is 0 Å². The largest absolute Gasteiger partial charge is 0.505 e. The summed E-state index contributed by atoms with van der Waals surface area (Å²) in [6.45, 7) is 3.01. The molecule has 1 atom stereocenters. The fourth-order valence-electron chi connectivity index (χ4n) is 1.24. The molecule has 1 N–H and O–H groups in total. The van der Waals surface area contributed by atoms with E-state index in [0.717, 1.165) is 0 Å². The highest BCUT2D eigenvalue weighted by atomic mass is 16.7. The maximum atomic E-state index is 10.3. The Morgan fingerprint density at radius 1 is 1.06 bits per heavy atom. The Hall–Kier alpha value is -0.890. The van der Waals surface area contributed by atoms with Gasteiger partial charge in [0.15, 0.2) is 0 Å². The van der Waals surface area contributed by atoms with Crippen LogP contribution >= 0.6 is 0 Å². The van der Waals surface area contributed by atoms with Gasteiger partial charge in [0.1, 0.15) is 12.7 Å². The Balaban J connectivity index is 2.24. The predicted molar refractivity (Wildman–Crippen MR) is 56.2 cm³/mol. The van der Waals surface area contributed by atoms with Gasteiger partial charge < -0.3 is 28.8 Å². The minimum absolute atomic E-state index is 0.0454. The van der Waals surface area contributed by atoms with Gasteiger partial charge >= 0.3 is 6.16 Å². The molecule has 1 fully saturated rings. The summed E-state index contributed by atoms with van der Waals surface area (Å²) in [5.41, 5.74) is 0. The highest BCUT2D eigenvalue weighted by Gasteiger charge is 2.13. The number of hydrogen-bond donors (Lipinski definition) is 1. The van der Waals surface area contributed by atoms with Crippen molar-refractivity contribution in [1.82, 2.24) is 0 Å². The Morgan fingerprint density at radius 2 is 1.65 bits per heavy atom. The van der Waals surface area contributed by atoms with Crippen molar-refractivity contribution < 1.29 is 33.6 Å². The first-order chi connectivity index (χ1) is 8.29. The molecule has 0 radical (unpaired) electrons. The summed E-state index contributed by atoms with van der Waals surface area (Å²) < 4.78 is 25.6. The highest BCUT2D eigenvalue weighted by Crippen LogP contribution is 1.97. The van der Waals surface area contributed by atoms with E-state index in [1.807, 2.05) is 0 Å². The Bertz CT molecular complexity index is 197. The molecule has 100 valence electrons. The first-order valence-electron chi connectivity index (χ1n) is 5.49. The third-order valence-corrected chi connectivity index (χ3v) is 2.02. The maximum absolute atomic E-state index is 10.3. The van der Waals surface area contributed by atoms with E-state index in [4.69, 9.17) is 24.1 Å². The molecule has 0 aromatic heterocycles. The molecule has 1 aliphatic heterocycles. The minimum atomic E-state index is -1.32. The van der Waals surface area contributed by atoms with Crippen LogP contribution in [0.4, 0.5) is 4.79 Å². The topological polar surface area (TPSA) is 83.5 Å². The van der Waals surface area contributed by atoms with Gasteiger partial charge in [0.25, 0.3) is 0 Å². The molecule has 7 heteroatoms. The number of rotatable bonds is 2. The third-order valence-electron chi connectivity index (χ3n) is 2.02. The molecule has 0 aromatic rings. The molecule has 0 aromatic carbocycles. The van der Waals surface area contributed by atoms with Crippen LogP contribution in [0.15, 0.2) is 0 Å². The number of carboxylic acid groups (broad SMARTS) is 1. The molecular weight excluding hydrogens is 232 g/mol. The van der Waals surface area contributed by atoms with Crippen molar-refractivity contribution in [3.05, 3.63) is 0 Å². The summed E-state index contributed by atoms with van der Waals surface area (Å²) in [6.07, 6.45) is -1.73. The van der Waals surface area contributed by atoms with Crippen molar-refractivity contribution in [1.29, 1.82) is 0 Å². The SMILES string of the molecule is O=C(O)OCC1COCCOCCOCCO1. The van der Waals surface area contributed by atoms with Crippen LogP contribution in [-0.4, -0.2) is 70.2 Å². The second-order valence-corrected chi connectivity index (χ2v) is 3.37. The molecule has 0 aliphatic carbocycles. The van der Waals surface area contributed by atoms with Gasteiger partial charge in [-0.2, -0.15) is 0 Å². The van der Waals surface area contributed by atoms with Gasteiger partial charge in [0.2, 0.25) is 0 Å². The van der Waals surface area contributed by atoms with Gasteiger partial charge in [-0.25, -0.2) is 4.79 Å². The summed E-state index contributed by atoms with van der Waals surface area (Å²) in [6, 6.07) is 0. The smallest absolute Gasteiger partial charge is 0.450 e. The molecule has 0 amide bonds. The first kappa shape index (κ1) is 14.2. The summed E-state index contributed by atoms with van der Waals surface area (Å²) in [5, 5.41) is 8.39. The number of ether oxygens (including phenoxy) is 5. The van der Waals surface area contributed by atoms with Crippen LogP contribution in [0.2, 0.25) is 0 Å². The fraction of sp³-hybridized carbons (Fsp3) is 0.900. The molecule has 1 rings (SSSR count). The van der Waals surface area contributed by atoms with Crippen molar-refractivity contribution in [2.24, 2.45) is 0 Å². The molecule has 1 unspecified atom stereocenters. The molecular formula is C10H18O7. The monoisotopic (exact) mass is 250 g/mol. The van der Waals surface area contributed by atoms with Crippen LogP contribution in [0.3, 0.4) is 0 Å². The third kappa shape index (κ3) is 7.92. The van der Waals surface area contributed by atoms with Crippen molar-refractivity contribution >= 4 is 6.16 Å². The fourth-order valence-corrected chi connectivity index (χ4v) is 1.24. The van der Waals surface area contributed by atoms with E-state index in [9.17, 15) is 4.79 Å². The van der Waals surface area contributed by atoms with Crippen LogP contribution in [0.5, 0.6) is 0 Å². The lowest BCUT2D eigenvalue weighted by Gasteiger charge is -2.18. The summed E-state index contributed by atoms with van der Waals surface area (Å²) in [5.74, 6) is 0. The van der Waals surface area contributed by atoms with E-state index >= 15 is 0 Å². The van der Waals surface area contributed by atoms with E-state index < -0.39 is 12.3 Å². The minimum Gasteiger partial charge on any atom is -0.450 e. The van der Waals surface area contributed by atoms with E-state index in [1.165, 1.54) is 0 Å². The van der Waals surface area contributed by atoms with Gasteiger partial charge in [0.05, 0.1) is 46.2 Å². The zero-order valence-corrected chi connectivity index (χ0v) is 9.63. The van der Waals surface area contributed by atoms with Crippen LogP contribution in [0, 0.1) is 0 Å². The Morgan fingerprint density at radius 3 is 2.29 bits per heavy atom. The average molecular weight is 250 g/mol. The molecule has 17 heavy (non-hydrogen) atoms. The highest BCUT2D eigenvalue weighted by molar-refractivity contribution is 5.56. The normalized spacial score (nSPS) is 24.4. The second-order valence-electron chi connectivity index (χ2n) is 3.37. The van der Waals surface area contributed by atoms with E-state index in [0.29, 0.717) is 39.6 Å². The summed E-state index contributed by atoms with van der Waals surface area (Å²) in [7, 11) is 0. The molecule has 7 nitrogen and oxygen atoms in total. The van der Waals surface area contributed by atoms with Gasteiger partial charge in [-0.15, -0.1) is 0 Å². The molecule has 1 heterocycles. The number of carbonyl (C=O) groups is 1. The Labute approximate surface area is 99.5 Å². The van der Waals surface area contributed by atoms with Crippen molar-refractivity contribution in [2.75, 3.05) is 52.9 Å². The Kier molecular flexibility index (Phi) is 7.65. The van der Waals surface area contributed by atoms with E-state index in [1.54, 1.807) is 0 Å². The zero-order chi connectivity index (χ0) is 12.3. The van der Waals surface area contributed by atoms with E-state index in [2.05, 4.69) is 4.74 Å². The van der Waals surface area contributed by atoms with Gasteiger partial charge in [-0.05, 0) is 0 Å². The van der Waals surface area contributed by atoms with Crippen LogP contribution < -0.4 is 0 Å². The average Bonchev–Trinajstić information content (AvgIpc) is 2.28. The zero-order valence-electron chi connectivity index (χ0n) is 9.63. The summed E-state index contributed by atoms with van der Waals surface area (Å²) >= 11 is 0. The number of hydrogen-bond acceptors (Lipinski definition) is 6. The molecule has 1 saturated heterocycles. The lowest BCUT2D eigenvalue weighted by molar-refractivity contribution is -0.0844. The predicted octanol–water partition coefficient (Wildman–Crippen LogP) is 0.130. The standard InChI is InChI=1S/C10H18O7/c11-10(12)17-8-9-7-15-4-3-13-1-2-14-5-6-16-9/h9H,1-8H2,(H,11,12). The van der Waals surface area contributed by atoms with Crippen molar-refractivity contribution in [3.63, 3.8) is 0 Å². The molecule has 0 saturated carbocycles. The molecule has 0 spiro atoms. The van der Waals surface area contributed by atoms with E-state index in [-0.39, 0.29) is 13.2 Å². The lowest BCUT2D eigenvalue weighted by atomic mass is 10.4. The van der Waals surface area contributed by atoms with Crippen molar-refractivity contribution in [2.45, 2.75) is 6.10 Å². The molecule has 1 aliphatic rings. The lowest BCUT2D eigenvalue weighted by Crippen LogP contribution is -2.29. The second kappa shape index (κ2) is 9.17. The van der Waals surface area contributed by atoms with Gasteiger partial charge in [0, 0.05) is 0 Å². The van der Waals surface area contributed by atoms with Gasteiger partial charge in [-0.1, -0.05) is 0 Å².